The summed E-state index contributed by atoms with van der Waals surface area (Å²) in [5.74, 6) is -1.30. The lowest BCUT2D eigenvalue weighted by Crippen LogP contribution is -2.39. The zero-order valence-corrected chi connectivity index (χ0v) is 23.8. The number of carboxylic acid groups (broad SMARTS) is 1. The SMILES string of the molecule is COc1cc(C(=O)N(CCCc2ccccc2)Cc2nc(C(=O)NS(=O)(=O)CNC(=O)O)cs2)cc(OC)c1C. The molecule has 0 unspecified atom stereocenters. The molecule has 0 aliphatic carbocycles. The van der Waals surface area contributed by atoms with Crippen molar-refractivity contribution in [2.45, 2.75) is 26.3 Å². The molecule has 0 aliphatic heterocycles. The molecule has 3 aromatic rings. The molecule has 0 saturated carbocycles. The summed E-state index contributed by atoms with van der Waals surface area (Å²) in [4.78, 5) is 42.5. The standard InChI is InChI=1S/C26H30N4O8S2/c1-17-21(37-2)12-19(13-22(17)38-3)25(32)30(11-7-10-18-8-5-4-6-9-18)14-23-28-20(15-39-23)24(31)29-40(35,36)16-27-26(33)34/h4-6,8-9,12-13,15,27H,7,10-11,14,16H2,1-3H3,(H,29,31)(H,33,34). The molecule has 0 bridgehead atoms. The second-order valence-corrected chi connectivity index (χ2v) is 11.3. The third-order valence-corrected chi connectivity index (χ3v) is 7.65. The molecule has 0 saturated heterocycles. The van der Waals surface area contributed by atoms with E-state index in [1.165, 1.54) is 19.6 Å². The van der Waals surface area contributed by atoms with Gasteiger partial charge < -0.3 is 24.8 Å². The molecule has 12 nitrogen and oxygen atoms in total. The van der Waals surface area contributed by atoms with E-state index in [2.05, 4.69) is 4.98 Å². The zero-order chi connectivity index (χ0) is 29.3. The molecule has 0 atom stereocenters. The highest BCUT2D eigenvalue weighted by atomic mass is 32.2. The molecule has 3 amide bonds. The number of nitrogens with one attached hydrogen (secondary N) is 2. The summed E-state index contributed by atoms with van der Waals surface area (Å²) >= 11 is 1.09. The molecule has 0 spiro atoms. The quantitative estimate of drug-likeness (QED) is 0.271. The van der Waals surface area contributed by atoms with Crippen molar-refractivity contribution in [2.75, 3.05) is 26.6 Å². The Bertz CT molecular complexity index is 1430. The summed E-state index contributed by atoms with van der Waals surface area (Å²) in [6.07, 6.45) is -0.155. The Kier molecular flexibility index (Phi) is 10.4. The molecular weight excluding hydrogens is 560 g/mol. The molecular formula is C26H30N4O8S2. The van der Waals surface area contributed by atoms with Gasteiger partial charge in [-0.05, 0) is 37.5 Å². The zero-order valence-electron chi connectivity index (χ0n) is 22.2. The van der Waals surface area contributed by atoms with Gasteiger partial charge in [0, 0.05) is 23.1 Å². The van der Waals surface area contributed by atoms with Crippen molar-refractivity contribution in [3.63, 3.8) is 0 Å². The Morgan fingerprint density at radius 2 is 1.73 bits per heavy atom. The van der Waals surface area contributed by atoms with Crippen molar-refractivity contribution >= 4 is 39.3 Å². The summed E-state index contributed by atoms with van der Waals surface area (Å²) in [7, 11) is -1.24. The number of hydrogen-bond donors (Lipinski definition) is 3. The number of aromatic nitrogens is 1. The Morgan fingerprint density at radius 3 is 2.33 bits per heavy atom. The van der Waals surface area contributed by atoms with Crippen molar-refractivity contribution in [1.82, 2.24) is 19.9 Å². The lowest BCUT2D eigenvalue weighted by atomic mass is 10.1. The van der Waals surface area contributed by atoms with Gasteiger partial charge >= 0.3 is 6.09 Å². The first kappa shape index (κ1) is 30.4. The third-order valence-electron chi connectivity index (χ3n) is 5.79. The van der Waals surface area contributed by atoms with Gasteiger partial charge in [-0.15, -0.1) is 11.3 Å². The van der Waals surface area contributed by atoms with Gasteiger partial charge in [0.15, 0.2) is 0 Å². The van der Waals surface area contributed by atoms with E-state index >= 15 is 0 Å². The summed E-state index contributed by atoms with van der Waals surface area (Å²) in [6.45, 7) is 2.27. The largest absolute Gasteiger partial charge is 0.496 e. The first-order valence-corrected chi connectivity index (χ1v) is 14.6. The lowest BCUT2D eigenvalue weighted by Gasteiger charge is -2.23. The molecule has 3 rings (SSSR count). The van der Waals surface area contributed by atoms with E-state index in [0.717, 1.165) is 28.9 Å². The highest BCUT2D eigenvalue weighted by Crippen LogP contribution is 2.30. The molecule has 3 N–H and O–H groups in total. The lowest BCUT2D eigenvalue weighted by molar-refractivity contribution is 0.0740. The van der Waals surface area contributed by atoms with Crippen LogP contribution < -0.4 is 19.5 Å². The van der Waals surface area contributed by atoms with Crippen LogP contribution in [0.4, 0.5) is 4.79 Å². The summed E-state index contributed by atoms with van der Waals surface area (Å²) in [5, 5.41) is 12.1. The van der Waals surface area contributed by atoms with Crippen molar-refractivity contribution in [3.8, 4) is 11.5 Å². The van der Waals surface area contributed by atoms with Crippen LogP contribution >= 0.6 is 11.3 Å². The summed E-state index contributed by atoms with van der Waals surface area (Å²) in [6, 6.07) is 13.1. The molecule has 2 aromatic carbocycles. The minimum atomic E-state index is -4.26. The van der Waals surface area contributed by atoms with Gasteiger partial charge in [0.1, 0.15) is 28.1 Å². The van der Waals surface area contributed by atoms with Gasteiger partial charge in [0.25, 0.3) is 21.8 Å². The van der Waals surface area contributed by atoms with E-state index in [0.29, 0.717) is 35.0 Å². The Labute approximate surface area is 236 Å². The second-order valence-electron chi connectivity index (χ2n) is 8.62. The highest BCUT2D eigenvalue weighted by Gasteiger charge is 2.23. The maximum absolute atomic E-state index is 13.7. The van der Waals surface area contributed by atoms with Crippen LogP contribution in [-0.4, -0.2) is 68.0 Å². The van der Waals surface area contributed by atoms with Gasteiger partial charge in [0.05, 0.1) is 20.8 Å². The van der Waals surface area contributed by atoms with E-state index in [4.69, 9.17) is 14.6 Å². The minimum absolute atomic E-state index is 0.0669. The van der Waals surface area contributed by atoms with E-state index < -0.39 is 27.9 Å². The first-order valence-electron chi connectivity index (χ1n) is 12.0. The van der Waals surface area contributed by atoms with Crippen LogP contribution in [0.15, 0.2) is 47.8 Å². The van der Waals surface area contributed by atoms with Crippen molar-refractivity contribution in [3.05, 3.63) is 75.2 Å². The fourth-order valence-corrected chi connectivity index (χ4v) is 5.36. The predicted molar refractivity (Wildman–Crippen MR) is 148 cm³/mol. The maximum Gasteiger partial charge on any atom is 0.405 e. The summed E-state index contributed by atoms with van der Waals surface area (Å²) < 4.78 is 36.5. The fourth-order valence-electron chi connectivity index (χ4n) is 3.80. The van der Waals surface area contributed by atoms with Gasteiger partial charge in [-0.2, -0.15) is 0 Å². The number of nitrogens with zero attached hydrogens (tertiary/aromatic N) is 2. The number of hydrogen-bond acceptors (Lipinski definition) is 9. The topological polar surface area (TPSA) is 164 Å². The average Bonchev–Trinajstić information content (AvgIpc) is 3.40. The number of aryl methyl sites for hydroxylation is 1. The molecule has 1 heterocycles. The number of rotatable bonds is 13. The van der Waals surface area contributed by atoms with E-state index in [1.807, 2.05) is 37.3 Å². The number of methoxy groups -OCH3 is 2. The van der Waals surface area contributed by atoms with Crippen LogP contribution in [0.1, 0.15) is 43.4 Å². The van der Waals surface area contributed by atoms with Crippen LogP contribution in [0.3, 0.4) is 0 Å². The van der Waals surface area contributed by atoms with Crippen molar-refractivity contribution in [1.29, 1.82) is 0 Å². The van der Waals surface area contributed by atoms with Crippen LogP contribution in [0.2, 0.25) is 0 Å². The molecule has 0 radical (unpaired) electrons. The molecule has 14 heteroatoms. The van der Waals surface area contributed by atoms with E-state index in [9.17, 15) is 22.8 Å². The molecule has 0 fully saturated rings. The number of sulfonamides is 1. The normalized spacial score (nSPS) is 11.0. The Balaban J connectivity index is 1.80. The van der Waals surface area contributed by atoms with E-state index in [1.54, 1.807) is 27.1 Å². The van der Waals surface area contributed by atoms with Gasteiger partial charge in [-0.1, -0.05) is 30.3 Å². The van der Waals surface area contributed by atoms with Crippen molar-refractivity contribution in [2.24, 2.45) is 0 Å². The van der Waals surface area contributed by atoms with E-state index in [-0.39, 0.29) is 18.1 Å². The number of thiazole rings is 1. The highest BCUT2D eigenvalue weighted by molar-refractivity contribution is 7.90. The number of carbonyl (C=O) groups is 3. The Hall–Kier alpha value is -4.17. The van der Waals surface area contributed by atoms with Crippen LogP contribution in [0.5, 0.6) is 11.5 Å². The molecule has 214 valence electrons. The third kappa shape index (κ3) is 8.41. The van der Waals surface area contributed by atoms with Gasteiger partial charge in [-0.3, -0.25) is 9.59 Å². The average molecular weight is 591 g/mol. The van der Waals surface area contributed by atoms with Gasteiger partial charge in [0.2, 0.25) is 0 Å². The monoisotopic (exact) mass is 590 g/mol. The number of ether oxygens (including phenoxy) is 2. The smallest absolute Gasteiger partial charge is 0.405 e. The fraction of sp³-hybridized carbons (Fsp3) is 0.308. The number of carbonyl (C=O) groups excluding carboxylic acids is 2. The first-order chi connectivity index (χ1) is 19.0. The van der Waals surface area contributed by atoms with Crippen LogP contribution in [-0.2, 0) is 23.0 Å². The summed E-state index contributed by atoms with van der Waals surface area (Å²) in [5.41, 5.74) is 2.06. The maximum atomic E-state index is 13.7. The minimum Gasteiger partial charge on any atom is -0.496 e. The van der Waals surface area contributed by atoms with Crippen LogP contribution in [0, 0.1) is 6.92 Å². The van der Waals surface area contributed by atoms with Crippen LogP contribution in [0.25, 0.3) is 0 Å². The number of amides is 3. The molecule has 1 aromatic heterocycles. The van der Waals surface area contributed by atoms with Gasteiger partial charge in [-0.25, -0.2) is 22.9 Å². The molecule has 40 heavy (non-hydrogen) atoms. The Morgan fingerprint density at radius 1 is 1.07 bits per heavy atom. The second kappa shape index (κ2) is 13.8. The number of benzene rings is 2. The van der Waals surface area contributed by atoms with Crippen molar-refractivity contribution < 1.29 is 37.4 Å². The molecule has 0 aliphatic rings. The predicted octanol–water partition coefficient (Wildman–Crippen LogP) is 3.03.